The molecule has 26 heteroatoms. The molecular formula is C20H33N9O15S2. The summed E-state index contributed by atoms with van der Waals surface area (Å²) >= 11 is 0. The van der Waals surface area contributed by atoms with Crippen molar-refractivity contribution >= 4 is 56.5 Å². The summed E-state index contributed by atoms with van der Waals surface area (Å²) in [7, 11) is -8.36. The molecule has 0 aliphatic carbocycles. The summed E-state index contributed by atoms with van der Waals surface area (Å²) in [5.41, 5.74) is 13.9. The SMILES string of the molecule is COCC(=O)NNC(=O)[C@@H]1CC[C@@H]2CN1C(=O)N2OS(=O)(=O)O.C[C@@H](N)C(=O)NNC(=O)[C@@H]1CC[C@@H]2CN1C(=O)N2OS(=O)(=O)O. The number of amides is 8. The van der Waals surface area contributed by atoms with Gasteiger partial charge in [-0.2, -0.15) is 27.0 Å². The van der Waals surface area contributed by atoms with Crippen LogP contribution < -0.4 is 27.4 Å². The van der Waals surface area contributed by atoms with Crippen molar-refractivity contribution in [1.82, 2.24) is 41.6 Å². The van der Waals surface area contributed by atoms with Gasteiger partial charge in [0.25, 0.3) is 23.6 Å². The highest BCUT2D eigenvalue weighted by Crippen LogP contribution is 2.31. The molecule has 8 amide bonds. The van der Waals surface area contributed by atoms with Crippen molar-refractivity contribution in [3.63, 3.8) is 0 Å². The van der Waals surface area contributed by atoms with Crippen LogP contribution in [0.3, 0.4) is 0 Å². The van der Waals surface area contributed by atoms with E-state index in [0.29, 0.717) is 16.5 Å². The number of hydrazine groups is 2. The minimum Gasteiger partial charge on any atom is -0.375 e. The number of ether oxygens (including phenoxy) is 1. The molecule has 0 aromatic heterocycles. The number of urea groups is 2. The Balaban J connectivity index is 0.000000250. The second kappa shape index (κ2) is 14.7. The maximum Gasteiger partial charge on any atom is 0.418 e. The van der Waals surface area contributed by atoms with Crippen LogP contribution in [0.1, 0.15) is 32.6 Å². The fraction of sp³-hybridized carbons (Fsp3) is 0.700. The van der Waals surface area contributed by atoms with E-state index >= 15 is 0 Å². The van der Waals surface area contributed by atoms with Crippen LogP contribution >= 0.6 is 0 Å². The first kappa shape index (κ1) is 36.5. The molecule has 8 N–H and O–H groups in total. The molecule has 5 atom stereocenters. The van der Waals surface area contributed by atoms with Gasteiger partial charge in [-0.15, -0.1) is 8.57 Å². The topological polar surface area (TPSA) is 326 Å². The van der Waals surface area contributed by atoms with E-state index in [1.54, 1.807) is 0 Å². The van der Waals surface area contributed by atoms with E-state index in [0.717, 1.165) is 9.80 Å². The quantitative estimate of drug-likeness (QED) is 0.0876. The maximum atomic E-state index is 12.1. The first-order valence-corrected chi connectivity index (χ1v) is 16.0. The standard InChI is InChI=1S/C10H17N5O7S.C10H16N4O8S/c1-5(11)8(16)12-13-9(17)7-3-2-6-4-14(7)10(18)15(6)22-23(19,20)21;1-21-5-8(15)11-12-9(16)7-3-2-6-4-13(7)10(17)14(6)22-23(18,19)20/h5-7H,2-4,11H2,1H3,(H,12,16)(H,13,17)(H,19,20,21);6-7H,2-5H2,1H3,(H,11,15)(H,12,16)(H,18,19,20)/t5-,6-,7+;6-,7+/m11/s1. The van der Waals surface area contributed by atoms with Crippen molar-refractivity contribution in [3.8, 4) is 0 Å². The molecule has 24 nitrogen and oxygen atoms in total. The summed E-state index contributed by atoms with van der Waals surface area (Å²) in [6.45, 7) is 1.32. The van der Waals surface area contributed by atoms with E-state index in [1.807, 2.05) is 0 Å². The van der Waals surface area contributed by atoms with Gasteiger partial charge in [0.05, 0.1) is 18.1 Å². The van der Waals surface area contributed by atoms with Crippen LogP contribution in [0.4, 0.5) is 9.59 Å². The normalized spacial score (nSPS) is 24.5. The highest BCUT2D eigenvalue weighted by Gasteiger charge is 2.50. The average molecular weight is 704 g/mol. The molecule has 4 fully saturated rings. The third kappa shape index (κ3) is 9.31. The second-order valence-electron chi connectivity index (χ2n) is 10.3. The lowest BCUT2D eigenvalue weighted by molar-refractivity contribution is -0.133. The van der Waals surface area contributed by atoms with Crippen LogP contribution in [-0.2, 0) is 53.3 Å². The van der Waals surface area contributed by atoms with Crippen molar-refractivity contribution in [2.24, 2.45) is 5.73 Å². The Kier molecular flexibility index (Phi) is 11.7. The number of rotatable bonds is 9. The molecule has 0 unspecified atom stereocenters. The van der Waals surface area contributed by atoms with Crippen molar-refractivity contribution in [2.75, 3.05) is 26.8 Å². The van der Waals surface area contributed by atoms with Gasteiger partial charge in [-0.3, -0.25) is 50.0 Å². The lowest BCUT2D eigenvalue weighted by Gasteiger charge is -2.29. The number of hydroxylamine groups is 4. The summed E-state index contributed by atoms with van der Waals surface area (Å²) in [6, 6.07) is -5.50. The van der Waals surface area contributed by atoms with Crippen LogP contribution in [-0.4, -0.2) is 139 Å². The predicted molar refractivity (Wildman–Crippen MR) is 145 cm³/mol. The highest BCUT2D eigenvalue weighted by atomic mass is 32.3. The molecule has 4 aliphatic rings. The van der Waals surface area contributed by atoms with E-state index in [2.05, 4.69) is 35.0 Å². The Morgan fingerprint density at radius 1 is 0.804 bits per heavy atom. The fourth-order valence-corrected chi connectivity index (χ4v) is 5.69. The summed E-state index contributed by atoms with van der Waals surface area (Å²) in [6.07, 6.45) is 1.06. The lowest BCUT2D eigenvalue weighted by Crippen LogP contribution is -2.56. The number of fused-ring (bicyclic) bond motifs is 4. The number of methoxy groups -OCH3 is 1. The van der Waals surface area contributed by atoms with Crippen LogP contribution in [0.15, 0.2) is 0 Å². The number of carbonyl (C=O) groups is 6. The summed E-state index contributed by atoms with van der Waals surface area (Å²) in [5, 5.41) is 1.06. The van der Waals surface area contributed by atoms with Gasteiger partial charge in [-0.25, -0.2) is 9.59 Å². The largest absolute Gasteiger partial charge is 0.418 e. The van der Waals surface area contributed by atoms with E-state index in [1.165, 1.54) is 14.0 Å². The summed E-state index contributed by atoms with van der Waals surface area (Å²) < 4.78 is 73.5. The molecule has 0 saturated carbocycles. The van der Waals surface area contributed by atoms with Gasteiger partial charge < -0.3 is 20.3 Å². The van der Waals surface area contributed by atoms with Gasteiger partial charge >= 0.3 is 32.9 Å². The maximum absolute atomic E-state index is 12.1. The molecule has 0 aromatic carbocycles. The Morgan fingerprint density at radius 3 is 1.59 bits per heavy atom. The zero-order chi connectivity index (χ0) is 34.6. The van der Waals surface area contributed by atoms with Crippen LogP contribution in [0.5, 0.6) is 0 Å². The fourth-order valence-electron chi connectivity index (χ4n) is 4.91. The lowest BCUT2D eigenvalue weighted by atomic mass is 10.0. The summed E-state index contributed by atoms with van der Waals surface area (Å²) in [5.74, 6) is -2.44. The van der Waals surface area contributed by atoms with E-state index < -0.39 is 86.7 Å². The number of hydrogen-bond acceptors (Lipinski definition) is 14. The molecule has 260 valence electrons. The van der Waals surface area contributed by atoms with Gasteiger partial charge in [0, 0.05) is 20.2 Å². The minimum absolute atomic E-state index is 0.0632. The average Bonchev–Trinajstić information content (AvgIpc) is 3.33. The highest BCUT2D eigenvalue weighted by molar-refractivity contribution is 7.81. The Labute approximate surface area is 261 Å². The van der Waals surface area contributed by atoms with Crippen molar-refractivity contribution in [3.05, 3.63) is 0 Å². The number of hydrogen-bond donors (Lipinski definition) is 7. The molecule has 0 spiro atoms. The number of nitrogens with zero attached hydrogens (tertiary/aromatic N) is 4. The van der Waals surface area contributed by atoms with Gasteiger partial charge in [0.1, 0.15) is 18.7 Å². The van der Waals surface area contributed by atoms with Gasteiger partial charge in [0.15, 0.2) is 0 Å². The van der Waals surface area contributed by atoms with Crippen LogP contribution in [0.2, 0.25) is 0 Å². The van der Waals surface area contributed by atoms with Crippen LogP contribution in [0, 0.1) is 0 Å². The van der Waals surface area contributed by atoms with E-state index in [9.17, 15) is 45.6 Å². The predicted octanol–water partition coefficient (Wildman–Crippen LogP) is -4.73. The van der Waals surface area contributed by atoms with Gasteiger partial charge in [-0.1, -0.05) is 0 Å². The molecule has 4 bridgehead atoms. The van der Waals surface area contributed by atoms with Crippen molar-refractivity contribution in [1.29, 1.82) is 0 Å². The smallest absolute Gasteiger partial charge is 0.375 e. The second-order valence-corrected chi connectivity index (χ2v) is 12.3. The van der Waals surface area contributed by atoms with Gasteiger partial charge in [-0.05, 0) is 32.6 Å². The number of carbonyl (C=O) groups excluding carboxylic acids is 6. The zero-order valence-corrected chi connectivity index (χ0v) is 25.9. The Morgan fingerprint density at radius 2 is 1.22 bits per heavy atom. The molecule has 4 heterocycles. The Hall–Kier alpha value is -3.92. The zero-order valence-electron chi connectivity index (χ0n) is 24.2. The molecular weight excluding hydrogens is 670 g/mol. The monoisotopic (exact) mass is 703 g/mol. The molecule has 4 saturated heterocycles. The first-order valence-electron chi connectivity index (χ1n) is 13.3. The van der Waals surface area contributed by atoms with Crippen LogP contribution in [0.25, 0.3) is 0 Å². The minimum atomic E-state index is -4.84. The molecule has 4 rings (SSSR count). The first-order chi connectivity index (χ1) is 21.3. The summed E-state index contributed by atoms with van der Waals surface area (Å²) in [4.78, 5) is 73.0. The number of nitrogens with two attached hydrogens (primary N) is 1. The van der Waals surface area contributed by atoms with Crippen molar-refractivity contribution < 1.29 is 68.0 Å². The van der Waals surface area contributed by atoms with Crippen molar-refractivity contribution in [2.45, 2.75) is 62.8 Å². The van der Waals surface area contributed by atoms with Gasteiger partial charge in [0.2, 0.25) is 0 Å². The molecule has 0 radical (unpaired) electrons. The number of piperidine rings is 2. The molecule has 4 aliphatic heterocycles. The van der Waals surface area contributed by atoms with E-state index in [-0.39, 0.29) is 39.0 Å². The third-order valence-corrected chi connectivity index (χ3v) is 7.62. The molecule has 46 heavy (non-hydrogen) atoms. The number of nitrogens with one attached hydrogen (secondary N) is 4. The Bertz CT molecular complexity index is 1440. The third-order valence-electron chi connectivity index (χ3n) is 6.92. The van der Waals surface area contributed by atoms with E-state index in [4.69, 9.17) is 14.8 Å². The molecule has 0 aromatic rings.